The lowest BCUT2D eigenvalue weighted by atomic mass is 10.2. The molecule has 1 aliphatic rings. The Kier molecular flexibility index (Phi) is 6.73. The zero-order valence-electron chi connectivity index (χ0n) is 21.9. The van der Waals surface area contributed by atoms with E-state index in [9.17, 15) is 9.18 Å². The average Bonchev–Trinajstić information content (AvgIpc) is 3.59. The van der Waals surface area contributed by atoms with Crippen LogP contribution in [0.1, 0.15) is 12.0 Å². The smallest absolute Gasteiger partial charge is 0.246 e. The second kappa shape index (κ2) is 10.6. The van der Waals surface area contributed by atoms with Crippen LogP contribution >= 0.6 is 0 Å². The molecule has 0 radical (unpaired) electrons. The van der Waals surface area contributed by atoms with Gasteiger partial charge < -0.3 is 19.7 Å². The van der Waals surface area contributed by atoms with Gasteiger partial charge in [-0.05, 0) is 48.0 Å². The number of amides is 1. The van der Waals surface area contributed by atoms with E-state index in [1.807, 2.05) is 41.1 Å². The molecule has 0 unspecified atom stereocenters. The Morgan fingerprint density at radius 3 is 2.90 bits per heavy atom. The van der Waals surface area contributed by atoms with Crippen molar-refractivity contribution in [2.45, 2.75) is 19.1 Å². The normalized spacial score (nSPS) is 14.9. The number of aromatic nitrogens is 4. The minimum absolute atomic E-state index is 0.104. The molecule has 0 saturated carbocycles. The number of halogens is 1. The van der Waals surface area contributed by atoms with Gasteiger partial charge in [0, 0.05) is 35.5 Å². The summed E-state index contributed by atoms with van der Waals surface area (Å²) >= 11 is 0. The Labute approximate surface area is 229 Å². The number of likely N-dealkylation sites (tertiary alicyclic amines) is 1. The molecule has 0 bridgehead atoms. The summed E-state index contributed by atoms with van der Waals surface area (Å²) in [6, 6.07) is 16.1. The molecule has 2 aromatic heterocycles. The fourth-order valence-corrected chi connectivity index (χ4v) is 4.98. The van der Waals surface area contributed by atoms with Gasteiger partial charge >= 0.3 is 0 Å². The monoisotopic (exact) mass is 538 g/mol. The molecule has 1 N–H and O–H groups in total. The molecule has 0 spiro atoms. The number of rotatable bonds is 8. The highest BCUT2D eigenvalue weighted by Gasteiger charge is 2.27. The first-order valence-corrected chi connectivity index (χ1v) is 12.9. The van der Waals surface area contributed by atoms with Gasteiger partial charge in [0.05, 0.1) is 37.4 Å². The second-order valence-corrected chi connectivity index (χ2v) is 9.59. The van der Waals surface area contributed by atoms with Gasteiger partial charge in [-0.3, -0.25) is 9.48 Å². The van der Waals surface area contributed by atoms with Crippen LogP contribution in [0.2, 0.25) is 0 Å². The van der Waals surface area contributed by atoms with E-state index < -0.39 is 0 Å². The van der Waals surface area contributed by atoms with Crippen LogP contribution in [-0.4, -0.2) is 56.9 Å². The molecule has 5 aromatic rings. The Morgan fingerprint density at radius 2 is 2.08 bits per heavy atom. The van der Waals surface area contributed by atoms with E-state index >= 15 is 0 Å². The molecule has 1 atom stereocenters. The number of ether oxygens (including phenoxy) is 2. The molecular formula is C30H27FN6O3. The molecule has 3 aromatic carbocycles. The van der Waals surface area contributed by atoms with Crippen LogP contribution in [0.5, 0.6) is 11.5 Å². The molecule has 1 fully saturated rings. The SMILES string of the molecule is C=CC(=O)N1CC[C@H](Oc2cc3c(Nc4ccc5c(cnn5Cc5cccc(F)c5)c4)ncnc3cc2OC)C1. The standard InChI is InChI=1S/C30H27FN6O3/c1-3-29(38)36-10-9-23(17-36)40-28-13-24-25(14-27(28)39-2)32-18-33-30(24)35-22-7-8-26-20(12-22)15-34-37(26)16-19-5-4-6-21(31)11-19/h3-8,11-15,18,23H,1,9-10,16-17H2,2H3,(H,32,33,35)/t23-/m0/s1. The highest BCUT2D eigenvalue weighted by molar-refractivity contribution is 5.94. The fourth-order valence-electron chi connectivity index (χ4n) is 4.98. The Balaban J connectivity index is 1.26. The molecule has 40 heavy (non-hydrogen) atoms. The molecule has 9 nitrogen and oxygen atoms in total. The molecule has 1 aliphatic heterocycles. The van der Waals surface area contributed by atoms with Crippen molar-refractivity contribution in [1.29, 1.82) is 0 Å². The van der Waals surface area contributed by atoms with Gasteiger partial charge in [-0.2, -0.15) is 5.10 Å². The summed E-state index contributed by atoms with van der Waals surface area (Å²) in [5.41, 5.74) is 3.29. The van der Waals surface area contributed by atoms with E-state index in [-0.39, 0.29) is 17.8 Å². The third kappa shape index (κ3) is 5.03. The van der Waals surface area contributed by atoms with E-state index in [0.29, 0.717) is 48.9 Å². The number of nitrogens with zero attached hydrogens (tertiary/aromatic N) is 5. The summed E-state index contributed by atoms with van der Waals surface area (Å²) in [5, 5.41) is 9.59. The lowest BCUT2D eigenvalue weighted by Crippen LogP contribution is -2.29. The summed E-state index contributed by atoms with van der Waals surface area (Å²) in [6.07, 6.45) is 5.15. The van der Waals surface area contributed by atoms with Crippen LogP contribution in [-0.2, 0) is 11.3 Å². The summed E-state index contributed by atoms with van der Waals surface area (Å²) < 4.78 is 27.3. The largest absolute Gasteiger partial charge is 0.493 e. The van der Waals surface area contributed by atoms with E-state index in [2.05, 4.69) is 27.0 Å². The lowest BCUT2D eigenvalue weighted by Gasteiger charge is -2.18. The number of methoxy groups -OCH3 is 1. The first-order valence-electron chi connectivity index (χ1n) is 12.9. The highest BCUT2D eigenvalue weighted by Crippen LogP contribution is 2.36. The number of hydrogen-bond donors (Lipinski definition) is 1. The second-order valence-electron chi connectivity index (χ2n) is 9.59. The van der Waals surface area contributed by atoms with Crippen LogP contribution in [0.15, 0.2) is 79.8 Å². The maximum atomic E-state index is 13.6. The van der Waals surface area contributed by atoms with Crippen molar-refractivity contribution < 1.29 is 18.7 Å². The van der Waals surface area contributed by atoms with Crippen molar-refractivity contribution in [3.05, 3.63) is 91.2 Å². The Morgan fingerprint density at radius 1 is 1.18 bits per heavy atom. The first-order chi connectivity index (χ1) is 19.5. The van der Waals surface area contributed by atoms with E-state index in [4.69, 9.17) is 9.47 Å². The van der Waals surface area contributed by atoms with Gasteiger partial charge in [-0.15, -0.1) is 0 Å². The van der Waals surface area contributed by atoms with Gasteiger partial charge in [0.1, 0.15) is 24.1 Å². The van der Waals surface area contributed by atoms with Crippen molar-refractivity contribution in [2.24, 2.45) is 0 Å². The number of carbonyl (C=O) groups is 1. The Bertz CT molecular complexity index is 1740. The van der Waals surface area contributed by atoms with Crippen LogP contribution in [0.3, 0.4) is 0 Å². The topological polar surface area (TPSA) is 94.4 Å². The summed E-state index contributed by atoms with van der Waals surface area (Å²) in [5.74, 6) is 1.35. The minimum atomic E-state index is -0.267. The quantitative estimate of drug-likeness (QED) is 0.275. The Hall–Kier alpha value is -4.99. The van der Waals surface area contributed by atoms with Crippen LogP contribution in [0, 0.1) is 5.82 Å². The molecule has 6 rings (SSSR count). The number of nitrogens with one attached hydrogen (secondary N) is 1. The average molecular weight is 539 g/mol. The summed E-state index contributed by atoms with van der Waals surface area (Å²) in [7, 11) is 1.58. The molecular weight excluding hydrogens is 511 g/mol. The zero-order chi connectivity index (χ0) is 27.6. The number of anilines is 2. The molecule has 1 amide bonds. The lowest BCUT2D eigenvalue weighted by molar-refractivity contribution is -0.125. The van der Waals surface area contributed by atoms with Crippen molar-refractivity contribution in [1.82, 2.24) is 24.6 Å². The predicted molar refractivity (Wildman–Crippen MR) is 150 cm³/mol. The van der Waals surface area contributed by atoms with Gasteiger partial charge in [0.15, 0.2) is 11.5 Å². The number of fused-ring (bicyclic) bond motifs is 2. The van der Waals surface area contributed by atoms with Crippen molar-refractivity contribution in [3.63, 3.8) is 0 Å². The molecule has 3 heterocycles. The predicted octanol–water partition coefficient (Wildman–Crippen LogP) is 5.08. The number of carbonyl (C=O) groups excluding carboxylic acids is 1. The van der Waals surface area contributed by atoms with E-state index in [1.54, 1.807) is 24.3 Å². The first kappa shape index (κ1) is 25.3. The molecule has 10 heteroatoms. The van der Waals surface area contributed by atoms with Crippen molar-refractivity contribution in [3.8, 4) is 11.5 Å². The van der Waals surface area contributed by atoms with Gasteiger partial charge in [-0.1, -0.05) is 18.7 Å². The summed E-state index contributed by atoms with van der Waals surface area (Å²) in [6.45, 7) is 5.13. The van der Waals surface area contributed by atoms with Crippen LogP contribution in [0.4, 0.5) is 15.9 Å². The van der Waals surface area contributed by atoms with Crippen molar-refractivity contribution in [2.75, 3.05) is 25.5 Å². The van der Waals surface area contributed by atoms with Crippen LogP contribution < -0.4 is 14.8 Å². The van der Waals surface area contributed by atoms with Gasteiger partial charge in [-0.25, -0.2) is 14.4 Å². The number of hydrogen-bond acceptors (Lipinski definition) is 7. The zero-order valence-corrected chi connectivity index (χ0v) is 21.9. The van der Waals surface area contributed by atoms with Gasteiger partial charge in [0.25, 0.3) is 0 Å². The highest BCUT2D eigenvalue weighted by atomic mass is 19.1. The van der Waals surface area contributed by atoms with E-state index in [1.165, 1.54) is 24.5 Å². The summed E-state index contributed by atoms with van der Waals surface area (Å²) in [4.78, 5) is 22.6. The van der Waals surface area contributed by atoms with Gasteiger partial charge in [0.2, 0.25) is 5.91 Å². The molecule has 1 saturated heterocycles. The maximum Gasteiger partial charge on any atom is 0.246 e. The number of benzene rings is 3. The van der Waals surface area contributed by atoms with Crippen LogP contribution in [0.25, 0.3) is 21.8 Å². The fraction of sp³-hybridized carbons (Fsp3) is 0.200. The molecule has 202 valence electrons. The maximum absolute atomic E-state index is 13.6. The van der Waals surface area contributed by atoms with E-state index in [0.717, 1.165) is 27.5 Å². The minimum Gasteiger partial charge on any atom is -0.493 e. The third-order valence-corrected chi connectivity index (χ3v) is 6.97. The molecule has 0 aliphatic carbocycles. The third-order valence-electron chi connectivity index (χ3n) is 6.97. The van der Waals surface area contributed by atoms with Crippen molar-refractivity contribution >= 4 is 39.2 Å².